The number of aryl methyl sites for hydroxylation is 1. The minimum absolute atomic E-state index is 0.302. The highest BCUT2D eigenvalue weighted by Crippen LogP contribution is 2.18. The minimum atomic E-state index is -0.441. The number of hydrogen-bond acceptors (Lipinski definition) is 3. The van der Waals surface area contributed by atoms with Gasteiger partial charge in [0.2, 0.25) is 0 Å². The number of benzene rings is 1. The molecule has 0 fully saturated rings. The van der Waals surface area contributed by atoms with Gasteiger partial charge in [-0.15, -0.1) is 0 Å². The average molecular weight is 245 g/mol. The molecule has 4 nitrogen and oxygen atoms in total. The SMILES string of the molecule is CC(C)n1ncnc1CCC(O)c1ccccc1. The van der Waals surface area contributed by atoms with Gasteiger partial charge in [-0.2, -0.15) is 5.10 Å². The normalized spacial score (nSPS) is 12.9. The summed E-state index contributed by atoms with van der Waals surface area (Å²) in [6, 6.07) is 10.0. The van der Waals surface area contributed by atoms with Crippen LogP contribution in [0.2, 0.25) is 0 Å². The van der Waals surface area contributed by atoms with E-state index in [2.05, 4.69) is 23.9 Å². The van der Waals surface area contributed by atoms with Crippen molar-refractivity contribution in [2.45, 2.75) is 38.8 Å². The zero-order chi connectivity index (χ0) is 13.0. The molecule has 0 aliphatic heterocycles. The molecule has 1 aromatic heterocycles. The Morgan fingerprint density at radius 3 is 2.61 bits per heavy atom. The van der Waals surface area contributed by atoms with Crippen LogP contribution in [0.3, 0.4) is 0 Å². The molecule has 2 aromatic rings. The van der Waals surface area contributed by atoms with Crippen molar-refractivity contribution in [1.82, 2.24) is 14.8 Å². The maximum atomic E-state index is 10.1. The lowest BCUT2D eigenvalue weighted by molar-refractivity contribution is 0.166. The first-order chi connectivity index (χ1) is 8.68. The van der Waals surface area contributed by atoms with E-state index in [-0.39, 0.29) is 0 Å². The smallest absolute Gasteiger partial charge is 0.138 e. The van der Waals surface area contributed by atoms with Gasteiger partial charge in [0.25, 0.3) is 0 Å². The Kier molecular flexibility index (Phi) is 4.10. The molecule has 0 saturated carbocycles. The summed E-state index contributed by atoms with van der Waals surface area (Å²) < 4.78 is 1.90. The van der Waals surface area contributed by atoms with E-state index in [0.29, 0.717) is 12.5 Å². The van der Waals surface area contributed by atoms with Gasteiger partial charge < -0.3 is 5.11 Å². The van der Waals surface area contributed by atoms with Gasteiger partial charge in [-0.05, 0) is 25.8 Å². The third-order valence-corrected chi connectivity index (χ3v) is 2.96. The molecule has 18 heavy (non-hydrogen) atoms. The maximum absolute atomic E-state index is 10.1. The Bertz CT molecular complexity index is 479. The third kappa shape index (κ3) is 2.96. The maximum Gasteiger partial charge on any atom is 0.138 e. The number of hydrogen-bond donors (Lipinski definition) is 1. The molecule has 0 aliphatic rings. The summed E-state index contributed by atoms with van der Waals surface area (Å²) in [6.45, 7) is 4.15. The van der Waals surface area contributed by atoms with Crippen molar-refractivity contribution in [1.29, 1.82) is 0 Å². The second kappa shape index (κ2) is 5.78. The summed E-state index contributed by atoms with van der Waals surface area (Å²) in [5, 5.41) is 14.3. The van der Waals surface area contributed by atoms with E-state index in [1.54, 1.807) is 6.33 Å². The Morgan fingerprint density at radius 2 is 1.94 bits per heavy atom. The first-order valence-electron chi connectivity index (χ1n) is 6.30. The second-order valence-electron chi connectivity index (χ2n) is 4.68. The summed E-state index contributed by atoms with van der Waals surface area (Å²) in [5.74, 6) is 0.931. The minimum Gasteiger partial charge on any atom is -0.388 e. The van der Waals surface area contributed by atoms with Crippen molar-refractivity contribution in [2.75, 3.05) is 0 Å². The standard InChI is InChI=1S/C14H19N3O/c1-11(2)17-14(15-10-16-17)9-8-13(18)12-6-4-3-5-7-12/h3-7,10-11,13,18H,8-9H2,1-2H3. The fraction of sp³-hybridized carbons (Fsp3) is 0.429. The molecule has 2 rings (SSSR count). The highest BCUT2D eigenvalue weighted by molar-refractivity contribution is 5.17. The topological polar surface area (TPSA) is 50.9 Å². The molecule has 0 amide bonds. The fourth-order valence-electron chi connectivity index (χ4n) is 1.99. The molecule has 96 valence electrons. The van der Waals surface area contributed by atoms with Crippen molar-refractivity contribution in [3.8, 4) is 0 Å². The number of aromatic nitrogens is 3. The van der Waals surface area contributed by atoms with Gasteiger partial charge in [0.05, 0.1) is 6.10 Å². The van der Waals surface area contributed by atoms with Crippen molar-refractivity contribution in [3.05, 3.63) is 48.0 Å². The molecule has 1 unspecified atom stereocenters. The third-order valence-electron chi connectivity index (χ3n) is 2.96. The average Bonchev–Trinajstić information content (AvgIpc) is 2.85. The van der Waals surface area contributed by atoms with Gasteiger partial charge in [-0.3, -0.25) is 0 Å². The fourth-order valence-corrected chi connectivity index (χ4v) is 1.99. The van der Waals surface area contributed by atoms with E-state index in [4.69, 9.17) is 0 Å². The lowest BCUT2D eigenvalue weighted by Gasteiger charge is -2.12. The lowest BCUT2D eigenvalue weighted by Crippen LogP contribution is -2.10. The predicted octanol–water partition coefficient (Wildman–Crippen LogP) is 2.53. The number of nitrogens with zero attached hydrogens (tertiary/aromatic N) is 3. The molecule has 0 radical (unpaired) electrons. The molecule has 0 saturated heterocycles. The van der Waals surface area contributed by atoms with Gasteiger partial charge in [-0.25, -0.2) is 9.67 Å². The van der Waals surface area contributed by atoms with E-state index >= 15 is 0 Å². The van der Waals surface area contributed by atoms with Crippen LogP contribution >= 0.6 is 0 Å². The van der Waals surface area contributed by atoms with Crippen LogP contribution < -0.4 is 0 Å². The van der Waals surface area contributed by atoms with Gasteiger partial charge in [0, 0.05) is 12.5 Å². The van der Waals surface area contributed by atoms with E-state index in [1.165, 1.54) is 0 Å². The van der Waals surface area contributed by atoms with E-state index < -0.39 is 6.10 Å². The molecule has 0 aliphatic carbocycles. The van der Waals surface area contributed by atoms with E-state index in [1.807, 2.05) is 35.0 Å². The quantitative estimate of drug-likeness (QED) is 0.880. The van der Waals surface area contributed by atoms with Crippen LogP contribution in [0.25, 0.3) is 0 Å². The van der Waals surface area contributed by atoms with Crippen molar-refractivity contribution < 1.29 is 5.11 Å². The highest BCUT2D eigenvalue weighted by atomic mass is 16.3. The van der Waals surface area contributed by atoms with Gasteiger partial charge in [0.15, 0.2) is 0 Å². The molecular weight excluding hydrogens is 226 g/mol. The predicted molar refractivity (Wildman–Crippen MR) is 70.1 cm³/mol. The number of rotatable bonds is 5. The Morgan fingerprint density at radius 1 is 1.22 bits per heavy atom. The number of aliphatic hydroxyl groups is 1. The van der Waals surface area contributed by atoms with Crippen molar-refractivity contribution in [3.63, 3.8) is 0 Å². The second-order valence-corrected chi connectivity index (χ2v) is 4.68. The lowest BCUT2D eigenvalue weighted by atomic mass is 10.0. The molecule has 1 N–H and O–H groups in total. The molecule has 4 heteroatoms. The van der Waals surface area contributed by atoms with Crippen LogP contribution in [0.15, 0.2) is 36.7 Å². The summed E-state index contributed by atoms with van der Waals surface area (Å²) >= 11 is 0. The van der Waals surface area contributed by atoms with Gasteiger partial charge in [0.1, 0.15) is 12.2 Å². The van der Waals surface area contributed by atoms with Crippen LogP contribution in [0.4, 0.5) is 0 Å². The largest absolute Gasteiger partial charge is 0.388 e. The van der Waals surface area contributed by atoms with Crippen LogP contribution in [0.5, 0.6) is 0 Å². The van der Waals surface area contributed by atoms with E-state index in [0.717, 1.165) is 17.8 Å². The molecule has 1 aromatic carbocycles. The van der Waals surface area contributed by atoms with Crippen molar-refractivity contribution >= 4 is 0 Å². The summed E-state index contributed by atoms with van der Waals surface area (Å²) in [7, 11) is 0. The zero-order valence-corrected chi connectivity index (χ0v) is 10.8. The van der Waals surface area contributed by atoms with Crippen LogP contribution in [-0.2, 0) is 6.42 Å². The molecule has 0 spiro atoms. The van der Waals surface area contributed by atoms with Crippen LogP contribution in [0.1, 0.15) is 43.8 Å². The monoisotopic (exact) mass is 245 g/mol. The van der Waals surface area contributed by atoms with Gasteiger partial charge in [-0.1, -0.05) is 30.3 Å². The van der Waals surface area contributed by atoms with Crippen LogP contribution in [-0.4, -0.2) is 19.9 Å². The summed E-state index contributed by atoms with van der Waals surface area (Å²) in [6.07, 6.45) is 2.52. The highest BCUT2D eigenvalue weighted by Gasteiger charge is 2.11. The Hall–Kier alpha value is -1.68. The van der Waals surface area contributed by atoms with E-state index in [9.17, 15) is 5.11 Å². The van der Waals surface area contributed by atoms with Gasteiger partial charge >= 0.3 is 0 Å². The summed E-state index contributed by atoms with van der Waals surface area (Å²) in [4.78, 5) is 4.24. The van der Waals surface area contributed by atoms with Crippen molar-refractivity contribution in [2.24, 2.45) is 0 Å². The molecule has 0 bridgehead atoms. The molecule has 1 heterocycles. The molecular formula is C14H19N3O. The first kappa shape index (κ1) is 12.8. The molecule has 1 atom stereocenters. The Labute approximate surface area is 107 Å². The first-order valence-corrected chi connectivity index (χ1v) is 6.30. The summed E-state index contributed by atoms with van der Waals surface area (Å²) in [5.41, 5.74) is 0.952. The Balaban J connectivity index is 1.97. The number of aliphatic hydroxyl groups excluding tert-OH is 1. The zero-order valence-electron chi connectivity index (χ0n) is 10.8. The van der Waals surface area contributed by atoms with Crippen LogP contribution in [0, 0.1) is 0 Å².